The fourth-order valence-corrected chi connectivity index (χ4v) is 2.20. The summed E-state index contributed by atoms with van der Waals surface area (Å²) in [4.78, 5) is 19.0. The van der Waals surface area contributed by atoms with E-state index in [2.05, 4.69) is 9.97 Å². The van der Waals surface area contributed by atoms with E-state index in [0.717, 1.165) is 0 Å². The van der Waals surface area contributed by atoms with Gasteiger partial charge in [-0.05, 0) is 11.0 Å². The first-order chi connectivity index (χ1) is 8.27. The molecule has 0 unspecified atom stereocenters. The second-order valence-corrected chi connectivity index (χ2v) is 4.06. The van der Waals surface area contributed by atoms with Gasteiger partial charge in [-0.15, -0.1) is 11.3 Å². The molecule has 0 fully saturated rings. The molecule has 0 spiro atoms. The van der Waals surface area contributed by atoms with Crippen LogP contribution in [0.2, 0.25) is 0 Å². The number of nitro groups is 1. The molecule has 0 radical (unpaired) electrons. The van der Waals surface area contributed by atoms with Crippen LogP contribution in [-0.2, 0) is 0 Å². The Hall–Kier alpha value is -2.28. The summed E-state index contributed by atoms with van der Waals surface area (Å²) in [6, 6.07) is 5.24. The third kappa shape index (κ3) is 1.48. The van der Waals surface area contributed by atoms with Gasteiger partial charge in [0.15, 0.2) is 5.69 Å². The second-order valence-electron chi connectivity index (χ2n) is 3.34. The average molecular weight is 246 g/mol. The molecular formula is C10H6N4O2S. The van der Waals surface area contributed by atoms with Crippen LogP contribution in [-0.4, -0.2) is 19.3 Å². The highest BCUT2D eigenvalue weighted by Gasteiger charge is 2.24. The molecule has 3 aromatic heterocycles. The Balaban J connectivity index is 2.38. The Morgan fingerprint density at radius 1 is 1.41 bits per heavy atom. The van der Waals surface area contributed by atoms with Gasteiger partial charge in [-0.3, -0.25) is 0 Å². The molecule has 0 aliphatic rings. The zero-order chi connectivity index (χ0) is 11.8. The monoisotopic (exact) mass is 246 g/mol. The Labute approximate surface area is 99.3 Å². The van der Waals surface area contributed by atoms with Crippen molar-refractivity contribution in [1.29, 1.82) is 0 Å². The van der Waals surface area contributed by atoms with E-state index >= 15 is 0 Å². The number of nitrogens with zero attached hydrogens (tertiary/aromatic N) is 4. The number of imidazole rings is 1. The van der Waals surface area contributed by atoms with Crippen LogP contribution in [0.5, 0.6) is 0 Å². The highest BCUT2D eigenvalue weighted by atomic mass is 32.1. The molecule has 17 heavy (non-hydrogen) atoms. The van der Waals surface area contributed by atoms with Gasteiger partial charge in [-0.2, -0.15) is 9.38 Å². The van der Waals surface area contributed by atoms with E-state index in [1.54, 1.807) is 35.3 Å². The van der Waals surface area contributed by atoms with Crippen LogP contribution >= 0.6 is 11.3 Å². The van der Waals surface area contributed by atoms with E-state index in [1.165, 1.54) is 15.7 Å². The summed E-state index contributed by atoms with van der Waals surface area (Å²) in [6.07, 6.45) is 1.62. The summed E-state index contributed by atoms with van der Waals surface area (Å²) in [5, 5.41) is 12.9. The van der Waals surface area contributed by atoms with E-state index in [9.17, 15) is 10.1 Å². The normalized spacial score (nSPS) is 10.8. The largest absolute Gasteiger partial charge is 0.358 e. The SMILES string of the molecule is O=[N+]([O-])c1c(-c2cscn2)nc2ccccn12. The van der Waals surface area contributed by atoms with Gasteiger partial charge in [0.05, 0.1) is 11.7 Å². The molecule has 6 nitrogen and oxygen atoms in total. The van der Waals surface area contributed by atoms with Crippen molar-refractivity contribution < 1.29 is 4.92 Å². The predicted octanol–water partition coefficient (Wildman–Crippen LogP) is 2.37. The molecule has 0 amide bonds. The van der Waals surface area contributed by atoms with Crippen molar-refractivity contribution in [2.24, 2.45) is 0 Å². The summed E-state index contributed by atoms with van der Waals surface area (Å²) in [5.41, 5.74) is 3.01. The molecule has 3 rings (SSSR count). The molecule has 3 aromatic rings. The molecular weight excluding hydrogens is 240 g/mol. The molecule has 0 aliphatic heterocycles. The van der Waals surface area contributed by atoms with Crippen LogP contribution in [0.15, 0.2) is 35.3 Å². The van der Waals surface area contributed by atoms with Crippen LogP contribution in [0.4, 0.5) is 5.82 Å². The van der Waals surface area contributed by atoms with E-state index in [0.29, 0.717) is 17.0 Å². The standard InChI is InChI=1S/C10H6N4O2S/c15-14(16)10-9(7-5-17-6-11-7)12-8-3-1-2-4-13(8)10/h1-6H. The van der Waals surface area contributed by atoms with E-state index in [4.69, 9.17) is 0 Å². The first-order valence-electron chi connectivity index (χ1n) is 4.77. The van der Waals surface area contributed by atoms with Crippen LogP contribution in [0, 0.1) is 10.1 Å². The van der Waals surface area contributed by atoms with Gasteiger partial charge in [0.2, 0.25) is 5.65 Å². The lowest BCUT2D eigenvalue weighted by Gasteiger charge is -1.94. The molecule has 84 valence electrons. The number of rotatable bonds is 2. The highest BCUT2D eigenvalue weighted by Crippen LogP contribution is 2.29. The Morgan fingerprint density at radius 2 is 2.29 bits per heavy atom. The van der Waals surface area contributed by atoms with Gasteiger partial charge in [-0.25, -0.2) is 4.98 Å². The molecule has 0 aliphatic carbocycles. The van der Waals surface area contributed by atoms with Crippen LogP contribution in [0.3, 0.4) is 0 Å². The topological polar surface area (TPSA) is 73.3 Å². The number of hydrogen-bond acceptors (Lipinski definition) is 5. The molecule has 0 aromatic carbocycles. The first-order valence-corrected chi connectivity index (χ1v) is 5.71. The molecule has 3 heterocycles. The van der Waals surface area contributed by atoms with Crippen LogP contribution in [0.25, 0.3) is 17.0 Å². The van der Waals surface area contributed by atoms with Gasteiger partial charge < -0.3 is 10.1 Å². The molecule has 0 saturated heterocycles. The quantitative estimate of drug-likeness (QED) is 0.514. The van der Waals surface area contributed by atoms with E-state index in [-0.39, 0.29) is 5.82 Å². The van der Waals surface area contributed by atoms with Gasteiger partial charge >= 0.3 is 5.82 Å². The van der Waals surface area contributed by atoms with Gasteiger partial charge in [0.1, 0.15) is 5.69 Å². The smallest absolute Gasteiger partial charge is 0.357 e. The van der Waals surface area contributed by atoms with Crippen molar-refractivity contribution in [1.82, 2.24) is 14.4 Å². The maximum atomic E-state index is 11.1. The van der Waals surface area contributed by atoms with Gasteiger partial charge in [0.25, 0.3) is 0 Å². The Kier molecular flexibility index (Phi) is 2.12. The summed E-state index contributed by atoms with van der Waals surface area (Å²) in [7, 11) is 0. The second kappa shape index (κ2) is 3.63. The Morgan fingerprint density at radius 3 is 3.00 bits per heavy atom. The van der Waals surface area contributed by atoms with E-state index in [1.807, 2.05) is 0 Å². The fourth-order valence-electron chi connectivity index (χ4n) is 1.66. The number of thiazole rings is 1. The number of fused-ring (bicyclic) bond motifs is 1. The summed E-state index contributed by atoms with van der Waals surface area (Å²) < 4.78 is 1.45. The lowest BCUT2D eigenvalue weighted by atomic mass is 10.3. The van der Waals surface area contributed by atoms with Crippen molar-refractivity contribution in [3.63, 3.8) is 0 Å². The van der Waals surface area contributed by atoms with Crippen LogP contribution < -0.4 is 0 Å². The minimum absolute atomic E-state index is 0.0495. The first kappa shape index (κ1) is 9.91. The summed E-state index contributed by atoms with van der Waals surface area (Å²) in [5.74, 6) is -0.0495. The van der Waals surface area contributed by atoms with E-state index < -0.39 is 4.92 Å². The maximum Gasteiger partial charge on any atom is 0.357 e. The molecule has 0 saturated carbocycles. The molecule has 0 bridgehead atoms. The minimum Gasteiger partial charge on any atom is -0.358 e. The summed E-state index contributed by atoms with van der Waals surface area (Å²) >= 11 is 1.38. The maximum absolute atomic E-state index is 11.1. The number of aromatic nitrogens is 3. The molecule has 0 atom stereocenters. The van der Waals surface area contributed by atoms with Crippen molar-refractivity contribution >= 4 is 22.8 Å². The third-order valence-electron chi connectivity index (χ3n) is 2.35. The van der Waals surface area contributed by atoms with Crippen molar-refractivity contribution in [2.75, 3.05) is 0 Å². The van der Waals surface area contributed by atoms with Gasteiger partial charge in [0, 0.05) is 11.4 Å². The van der Waals surface area contributed by atoms with Crippen molar-refractivity contribution in [2.45, 2.75) is 0 Å². The lowest BCUT2D eigenvalue weighted by Crippen LogP contribution is -1.95. The summed E-state index contributed by atoms with van der Waals surface area (Å²) in [6.45, 7) is 0. The lowest BCUT2D eigenvalue weighted by molar-refractivity contribution is -0.389. The predicted molar refractivity (Wildman–Crippen MR) is 63.0 cm³/mol. The number of hydrogen-bond donors (Lipinski definition) is 0. The third-order valence-corrected chi connectivity index (χ3v) is 2.94. The molecule has 0 N–H and O–H groups in total. The fraction of sp³-hybridized carbons (Fsp3) is 0. The average Bonchev–Trinajstić information content (AvgIpc) is 2.95. The molecule has 7 heteroatoms. The number of pyridine rings is 1. The zero-order valence-corrected chi connectivity index (χ0v) is 9.29. The van der Waals surface area contributed by atoms with Gasteiger partial charge in [-0.1, -0.05) is 6.07 Å². The zero-order valence-electron chi connectivity index (χ0n) is 8.48. The van der Waals surface area contributed by atoms with Crippen LogP contribution in [0.1, 0.15) is 0 Å². The Bertz CT molecular complexity index is 689. The minimum atomic E-state index is -0.436. The highest BCUT2D eigenvalue weighted by molar-refractivity contribution is 7.07. The van der Waals surface area contributed by atoms with Crippen molar-refractivity contribution in [3.8, 4) is 11.4 Å². The van der Waals surface area contributed by atoms with Crippen molar-refractivity contribution in [3.05, 3.63) is 45.4 Å².